The van der Waals surface area contributed by atoms with E-state index in [0.717, 1.165) is 5.39 Å². The summed E-state index contributed by atoms with van der Waals surface area (Å²) in [5, 5.41) is 22.4. The number of nitro groups is 1. The number of nitriles is 1. The van der Waals surface area contributed by atoms with Crippen LogP contribution in [0.25, 0.3) is 10.8 Å². The van der Waals surface area contributed by atoms with Crippen molar-refractivity contribution in [1.82, 2.24) is 4.98 Å². The third kappa shape index (κ3) is 3.33. The number of hydrogen-bond donors (Lipinski definition) is 0. The van der Waals surface area contributed by atoms with Crippen LogP contribution in [0.1, 0.15) is 18.2 Å². The third-order valence-corrected chi connectivity index (χ3v) is 4.15. The molecule has 0 aliphatic rings. The highest BCUT2D eigenvalue weighted by Crippen LogP contribution is 2.37. The number of ether oxygens (including phenoxy) is 2. The van der Waals surface area contributed by atoms with Crippen LogP contribution in [0.3, 0.4) is 0 Å². The van der Waals surface area contributed by atoms with Gasteiger partial charge in [-0.15, -0.1) is 0 Å². The molecule has 0 saturated heterocycles. The quantitative estimate of drug-likeness (QED) is 0.374. The van der Waals surface area contributed by atoms with Crippen LogP contribution in [-0.4, -0.2) is 22.7 Å². The van der Waals surface area contributed by atoms with Crippen LogP contribution in [0, 0.1) is 21.4 Å². The molecule has 0 bridgehead atoms. The van der Waals surface area contributed by atoms with E-state index < -0.39 is 16.7 Å². The van der Waals surface area contributed by atoms with Gasteiger partial charge in [0, 0.05) is 29.3 Å². The summed E-state index contributed by atoms with van der Waals surface area (Å²) >= 11 is 0. The Hall–Kier alpha value is -3.99. The van der Waals surface area contributed by atoms with Crippen molar-refractivity contribution >= 4 is 22.6 Å². The average molecular weight is 377 g/mol. The molecule has 0 spiro atoms. The second kappa shape index (κ2) is 7.72. The molecule has 3 rings (SSSR count). The predicted octanol–water partition coefficient (Wildman–Crippen LogP) is 4.08. The Morgan fingerprint density at radius 1 is 1.21 bits per heavy atom. The Bertz CT molecular complexity index is 1070. The number of rotatable bonds is 5. The average Bonchev–Trinajstić information content (AvgIpc) is 2.72. The van der Waals surface area contributed by atoms with E-state index in [2.05, 4.69) is 4.98 Å². The molecule has 1 atom stereocenters. The molecule has 8 heteroatoms. The fraction of sp³-hybridized carbons (Fsp3) is 0.150. The van der Waals surface area contributed by atoms with Crippen molar-refractivity contribution in [1.29, 1.82) is 5.26 Å². The van der Waals surface area contributed by atoms with Gasteiger partial charge in [0.25, 0.3) is 11.3 Å². The first-order valence-electron chi connectivity index (χ1n) is 8.38. The molecule has 2 aromatic carbocycles. The molecular weight excluding hydrogens is 362 g/mol. The minimum Gasteiger partial charge on any atom is -0.435 e. The van der Waals surface area contributed by atoms with Crippen molar-refractivity contribution in [3.8, 4) is 6.07 Å². The molecule has 0 fully saturated rings. The number of nitro benzene ring substituents is 1. The summed E-state index contributed by atoms with van der Waals surface area (Å²) in [5.41, 5.74) is -1.69. The molecule has 0 N–H and O–H groups in total. The highest BCUT2D eigenvalue weighted by atomic mass is 16.7. The molecule has 28 heavy (non-hydrogen) atoms. The fourth-order valence-electron chi connectivity index (χ4n) is 2.87. The van der Waals surface area contributed by atoms with Gasteiger partial charge in [-0.05, 0) is 30.5 Å². The SMILES string of the molecule is CCOC(=O)OC(C#N)(c1ccc([N+](=O)[O-])cc1)c1nccc2ccccc12. The van der Waals surface area contributed by atoms with Crippen molar-refractivity contribution in [3.05, 3.63) is 82.2 Å². The molecule has 1 unspecified atom stereocenters. The first-order valence-corrected chi connectivity index (χ1v) is 8.38. The first-order chi connectivity index (χ1) is 13.5. The van der Waals surface area contributed by atoms with Gasteiger partial charge in [-0.1, -0.05) is 24.3 Å². The van der Waals surface area contributed by atoms with Crippen LogP contribution in [0.4, 0.5) is 10.5 Å². The Morgan fingerprint density at radius 2 is 1.93 bits per heavy atom. The third-order valence-electron chi connectivity index (χ3n) is 4.15. The molecule has 3 aromatic rings. The van der Waals surface area contributed by atoms with Crippen molar-refractivity contribution < 1.29 is 19.2 Å². The highest BCUT2D eigenvalue weighted by Gasteiger charge is 2.43. The Balaban J connectivity index is 2.25. The lowest BCUT2D eigenvalue weighted by atomic mass is 9.88. The van der Waals surface area contributed by atoms with Gasteiger partial charge in [0.1, 0.15) is 11.8 Å². The van der Waals surface area contributed by atoms with Crippen molar-refractivity contribution in [2.24, 2.45) is 0 Å². The van der Waals surface area contributed by atoms with E-state index in [0.29, 0.717) is 5.39 Å². The zero-order valence-electron chi connectivity index (χ0n) is 14.9. The van der Waals surface area contributed by atoms with E-state index >= 15 is 0 Å². The van der Waals surface area contributed by atoms with Crippen molar-refractivity contribution in [3.63, 3.8) is 0 Å². The Labute approximate surface area is 160 Å². The number of carbonyl (C=O) groups is 1. The largest absolute Gasteiger partial charge is 0.510 e. The summed E-state index contributed by atoms with van der Waals surface area (Å²) in [6.45, 7) is 1.67. The Morgan fingerprint density at radius 3 is 2.57 bits per heavy atom. The number of aromatic nitrogens is 1. The minimum atomic E-state index is -1.94. The number of pyridine rings is 1. The molecule has 0 saturated carbocycles. The molecule has 1 heterocycles. The maximum atomic E-state index is 12.1. The van der Waals surface area contributed by atoms with Gasteiger partial charge >= 0.3 is 6.16 Å². The molecule has 140 valence electrons. The first kappa shape index (κ1) is 18.8. The smallest absolute Gasteiger partial charge is 0.435 e. The van der Waals surface area contributed by atoms with E-state index in [-0.39, 0.29) is 23.6 Å². The summed E-state index contributed by atoms with van der Waals surface area (Å²) in [4.78, 5) is 26.9. The van der Waals surface area contributed by atoms with Gasteiger partial charge in [-0.2, -0.15) is 5.26 Å². The number of carbonyl (C=O) groups excluding carboxylic acids is 1. The zero-order valence-corrected chi connectivity index (χ0v) is 14.9. The second-order valence-corrected chi connectivity index (χ2v) is 5.76. The van der Waals surface area contributed by atoms with Crippen LogP contribution in [0.5, 0.6) is 0 Å². The van der Waals surface area contributed by atoms with Crippen LogP contribution in [0.2, 0.25) is 0 Å². The lowest BCUT2D eigenvalue weighted by Crippen LogP contribution is -2.34. The highest BCUT2D eigenvalue weighted by molar-refractivity contribution is 5.86. The number of fused-ring (bicyclic) bond motifs is 1. The van der Waals surface area contributed by atoms with Gasteiger partial charge in [0.2, 0.25) is 0 Å². The van der Waals surface area contributed by atoms with Crippen LogP contribution < -0.4 is 0 Å². The van der Waals surface area contributed by atoms with Gasteiger partial charge < -0.3 is 9.47 Å². The predicted molar refractivity (Wildman–Crippen MR) is 99.3 cm³/mol. The van der Waals surface area contributed by atoms with Gasteiger partial charge in [-0.3, -0.25) is 15.1 Å². The number of benzene rings is 2. The lowest BCUT2D eigenvalue weighted by Gasteiger charge is -2.27. The molecule has 0 amide bonds. The molecule has 0 aliphatic carbocycles. The Kier molecular flexibility index (Phi) is 5.18. The minimum absolute atomic E-state index is 0.0591. The molecule has 0 aliphatic heterocycles. The van der Waals surface area contributed by atoms with Crippen LogP contribution >= 0.6 is 0 Å². The summed E-state index contributed by atoms with van der Waals surface area (Å²) in [6.07, 6.45) is 0.459. The maximum Gasteiger partial charge on any atom is 0.510 e. The van der Waals surface area contributed by atoms with Crippen LogP contribution in [0.15, 0.2) is 60.8 Å². The monoisotopic (exact) mass is 377 g/mol. The number of non-ortho nitro benzene ring substituents is 1. The molecule has 1 aromatic heterocycles. The summed E-state index contributed by atoms with van der Waals surface area (Å²) < 4.78 is 10.3. The van der Waals surface area contributed by atoms with Crippen molar-refractivity contribution in [2.75, 3.05) is 6.61 Å². The van der Waals surface area contributed by atoms with Gasteiger partial charge in [-0.25, -0.2) is 4.79 Å². The molecular formula is C20H15N3O5. The van der Waals surface area contributed by atoms with Crippen molar-refractivity contribution in [2.45, 2.75) is 12.5 Å². The zero-order chi connectivity index (χ0) is 20.1. The second-order valence-electron chi connectivity index (χ2n) is 5.76. The normalized spacial score (nSPS) is 12.6. The van der Waals surface area contributed by atoms with E-state index in [1.807, 2.05) is 18.2 Å². The molecule has 8 nitrogen and oxygen atoms in total. The van der Waals surface area contributed by atoms with Gasteiger partial charge in [0.15, 0.2) is 0 Å². The van der Waals surface area contributed by atoms with Gasteiger partial charge in [0.05, 0.1) is 11.5 Å². The summed E-state index contributed by atoms with van der Waals surface area (Å²) in [6, 6.07) is 16.2. The molecule has 0 radical (unpaired) electrons. The van der Waals surface area contributed by atoms with E-state index in [9.17, 15) is 20.2 Å². The summed E-state index contributed by atoms with van der Waals surface area (Å²) in [7, 11) is 0. The number of hydrogen-bond acceptors (Lipinski definition) is 7. The van der Waals surface area contributed by atoms with E-state index in [1.54, 1.807) is 25.1 Å². The number of nitrogens with zero attached hydrogens (tertiary/aromatic N) is 3. The summed E-state index contributed by atoms with van der Waals surface area (Å²) in [5.74, 6) is 0. The maximum absolute atomic E-state index is 12.1. The lowest BCUT2D eigenvalue weighted by molar-refractivity contribution is -0.384. The topological polar surface area (TPSA) is 115 Å². The van der Waals surface area contributed by atoms with E-state index in [1.165, 1.54) is 30.5 Å². The van der Waals surface area contributed by atoms with Crippen LogP contribution in [-0.2, 0) is 15.1 Å². The fourth-order valence-corrected chi connectivity index (χ4v) is 2.87. The van der Waals surface area contributed by atoms with E-state index in [4.69, 9.17) is 9.47 Å². The standard InChI is InChI=1S/C20H15N3O5/c1-2-27-19(24)28-20(13-21,15-7-9-16(10-8-15)23(25)26)18-17-6-4-3-5-14(17)11-12-22-18/h3-12H,2H2,1H3.